The number of Topliss-reactive ketones (excluding diaryl/α,β-unsaturated/α-hetero) is 1. The van der Waals surface area contributed by atoms with Crippen molar-refractivity contribution >= 4 is 17.8 Å². The number of ether oxygens (including phenoxy) is 1. The first-order valence-corrected chi connectivity index (χ1v) is 6.69. The van der Waals surface area contributed by atoms with Gasteiger partial charge in [-0.05, 0) is 37.0 Å². The lowest BCUT2D eigenvalue weighted by atomic mass is 9.89. The van der Waals surface area contributed by atoms with Crippen LogP contribution >= 0.6 is 0 Å². The third kappa shape index (κ3) is 3.53. The van der Waals surface area contributed by atoms with Gasteiger partial charge in [-0.25, -0.2) is 0 Å². The molecule has 0 amide bonds. The van der Waals surface area contributed by atoms with Crippen molar-refractivity contribution in [2.75, 3.05) is 6.61 Å². The van der Waals surface area contributed by atoms with Gasteiger partial charge in [0, 0.05) is 12.0 Å². The molecule has 2 rings (SSSR count). The second kappa shape index (κ2) is 6.32. The lowest BCUT2D eigenvalue weighted by molar-refractivity contribution is -0.142. The van der Waals surface area contributed by atoms with E-state index >= 15 is 0 Å². The van der Waals surface area contributed by atoms with Crippen LogP contribution in [0.5, 0.6) is 0 Å². The molecule has 0 bridgehead atoms. The van der Waals surface area contributed by atoms with Crippen LogP contribution in [0.2, 0.25) is 0 Å². The molecule has 0 heterocycles. The Morgan fingerprint density at radius 3 is 3.00 bits per heavy atom. The number of carbonyl (C=O) groups is 2. The Labute approximate surface area is 113 Å². The van der Waals surface area contributed by atoms with Crippen molar-refractivity contribution in [2.24, 2.45) is 0 Å². The van der Waals surface area contributed by atoms with Crippen LogP contribution in [0.4, 0.5) is 0 Å². The lowest BCUT2D eigenvalue weighted by Crippen LogP contribution is -2.10. The first-order valence-electron chi connectivity index (χ1n) is 6.69. The van der Waals surface area contributed by atoms with Crippen LogP contribution in [0, 0.1) is 0 Å². The van der Waals surface area contributed by atoms with Crippen molar-refractivity contribution in [1.29, 1.82) is 0 Å². The molecule has 0 aromatic heterocycles. The van der Waals surface area contributed by atoms with Crippen molar-refractivity contribution in [3.63, 3.8) is 0 Å². The molecule has 0 N–H and O–H groups in total. The minimum Gasteiger partial charge on any atom is -0.466 e. The fourth-order valence-corrected chi connectivity index (χ4v) is 2.26. The van der Waals surface area contributed by atoms with Crippen LogP contribution in [-0.4, -0.2) is 18.4 Å². The molecule has 0 radical (unpaired) electrons. The zero-order valence-electron chi connectivity index (χ0n) is 11.1. The highest BCUT2D eigenvalue weighted by molar-refractivity contribution is 5.99. The molecule has 0 atom stereocenters. The maximum Gasteiger partial charge on any atom is 0.309 e. The molecule has 1 aromatic rings. The van der Waals surface area contributed by atoms with E-state index in [0.717, 1.165) is 29.5 Å². The van der Waals surface area contributed by atoms with Crippen molar-refractivity contribution in [2.45, 2.75) is 32.6 Å². The summed E-state index contributed by atoms with van der Waals surface area (Å²) in [4.78, 5) is 23.0. The Morgan fingerprint density at radius 2 is 2.21 bits per heavy atom. The Morgan fingerprint density at radius 1 is 1.37 bits per heavy atom. The van der Waals surface area contributed by atoms with E-state index in [1.165, 1.54) is 0 Å². The van der Waals surface area contributed by atoms with E-state index in [1.807, 2.05) is 24.3 Å². The van der Waals surface area contributed by atoms with E-state index < -0.39 is 0 Å². The third-order valence-electron chi connectivity index (χ3n) is 3.18. The van der Waals surface area contributed by atoms with Crippen LogP contribution in [0.1, 0.15) is 47.7 Å². The summed E-state index contributed by atoms with van der Waals surface area (Å²) in [6.07, 6.45) is 6.46. The molecule has 1 aromatic carbocycles. The number of rotatable bonds is 4. The summed E-state index contributed by atoms with van der Waals surface area (Å²) < 4.78 is 4.84. The van der Waals surface area contributed by atoms with Gasteiger partial charge in [0.15, 0.2) is 5.78 Å². The average molecular weight is 258 g/mol. The van der Waals surface area contributed by atoms with E-state index in [2.05, 4.69) is 0 Å². The molecule has 3 nitrogen and oxygen atoms in total. The Bertz CT molecular complexity index is 515. The molecule has 19 heavy (non-hydrogen) atoms. The first-order chi connectivity index (χ1) is 9.20. The van der Waals surface area contributed by atoms with Gasteiger partial charge in [0.1, 0.15) is 0 Å². The number of carbonyl (C=O) groups excluding carboxylic acids is 2. The molecule has 1 aliphatic carbocycles. The zero-order chi connectivity index (χ0) is 13.7. The number of esters is 1. The average Bonchev–Trinajstić information content (AvgIpc) is 2.40. The van der Waals surface area contributed by atoms with E-state index in [0.29, 0.717) is 13.0 Å². The number of benzene rings is 1. The number of ketones is 1. The van der Waals surface area contributed by atoms with Gasteiger partial charge in [-0.1, -0.05) is 24.3 Å². The number of hydrogen-bond donors (Lipinski definition) is 0. The summed E-state index contributed by atoms with van der Waals surface area (Å²) in [5.74, 6) is -0.00493. The maximum atomic E-state index is 11.8. The second-order valence-corrected chi connectivity index (χ2v) is 4.60. The van der Waals surface area contributed by atoms with Crippen LogP contribution in [0.3, 0.4) is 0 Å². The molecule has 0 aliphatic heterocycles. The summed E-state index contributed by atoms with van der Waals surface area (Å²) in [6.45, 7) is 2.19. The maximum absolute atomic E-state index is 11.8. The fourth-order valence-electron chi connectivity index (χ4n) is 2.26. The molecule has 0 saturated carbocycles. The largest absolute Gasteiger partial charge is 0.466 e. The van der Waals surface area contributed by atoms with Crippen molar-refractivity contribution in [1.82, 2.24) is 0 Å². The van der Waals surface area contributed by atoms with Crippen LogP contribution in [-0.2, 0) is 16.0 Å². The first kappa shape index (κ1) is 13.5. The SMILES string of the molecule is CCOC(=O)CC=Cc1ccc2c(c1)C(=O)CCC2. The molecule has 1 aliphatic rings. The predicted octanol–water partition coefficient (Wildman–Crippen LogP) is 3.17. The number of fused-ring (bicyclic) bond motifs is 1. The summed E-state index contributed by atoms with van der Waals surface area (Å²) >= 11 is 0. The standard InChI is InChI=1S/C16H18O3/c1-2-19-16(18)8-3-5-12-9-10-13-6-4-7-15(17)14(13)11-12/h3,5,9-11H,2,4,6-8H2,1H3. The van der Waals surface area contributed by atoms with Gasteiger partial charge in [-0.2, -0.15) is 0 Å². The molecule has 100 valence electrons. The fraction of sp³-hybridized carbons (Fsp3) is 0.375. The number of hydrogen-bond acceptors (Lipinski definition) is 3. The summed E-state index contributed by atoms with van der Waals surface area (Å²) in [7, 11) is 0. The summed E-state index contributed by atoms with van der Waals surface area (Å²) in [6, 6.07) is 5.91. The Balaban J connectivity index is 2.05. The molecule has 0 fully saturated rings. The molecular weight excluding hydrogens is 240 g/mol. The lowest BCUT2D eigenvalue weighted by Gasteiger charge is -2.14. The third-order valence-corrected chi connectivity index (χ3v) is 3.18. The second-order valence-electron chi connectivity index (χ2n) is 4.60. The van der Waals surface area contributed by atoms with Crippen molar-refractivity contribution < 1.29 is 14.3 Å². The summed E-state index contributed by atoms with van der Waals surface area (Å²) in [5, 5.41) is 0. The van der Waals surface area contributed by atoms with Gasteiger partial charge in [0.25, 0.3) is 0 Å². The van der Waals surface area contributed by atoms with Crippen LogP contribution in [0.25, 0.3) is 6.08 Å². The van der Waals surface area contributed by atoms with Crippen molar-refractivity contribution in [3.05, 3.63) is 41.0 Å². The monoisotopic (exact) mass is 258 g/mol. The van der Waals surface area contributed by atoms with E-state index in [4.69, 9.17) is 4.74 Å². The summed E-state index contributed by atoms with van der Waals surface area (Å²) in [5.41, 5.74) is 2.93. The highest BCUT2D eigenvalue weighted by atomic mass is 16.5. The molecule has 3 heteroatoms. The van der Waals surface area contributed by atoms with Gasteiger partial charge in [0.05, 0.1) is 13.0 Å². The molecule has 0 unspecified atom stereocenters. The predicted molar refractivity (Wildman–Crippen MR) is 74.0 cm³/mol. The van der Waals surface area contributed by atoms with Crippen LogP contribution < -0.4 is 0 Å². The van der Waals surface area contributed by atoms with E-state index in [-0.39, 0.29) is 18.2 Å². The highest BCUT2D eigenvalue weighted by Gasteiger charge is 2.16. The van der Waals surface area contributed by atoms with Gasteiger partial charge >= 0.3 is 5.97 Å². The van der Waals surface area contributed by atoms with Gasteiger partial charge in [-0.15, -0.1) is 0 Å². The molecule has 0 spiro atoms. The van der Waals surface area contributed by atoms with Gasteiger partial charge in [0.2, 0.25) is 0 Å². The zero-order valence-corrected chi connectivity index (χ0v) is 11.1. The molecular formula is C16H18O3. The minimum atomic E-state index is -0.229. The Hall–Kier alpha value is -1.90. The molecule has 0 saturated heterocycles. The van der Waals surface area contributed by atoms with Crippen LogP contribution in [0.15, 0.2) is 24.3 Å². The number of aryl methyl sites for hydroxylation is 1. The quantitative estimate of drug-likeness (QED) is 0.779. The minimum absolute atomic E-state index is 0.224. The topological polar surface area (TPSA) is 43.4 Å². The normalized spacial score (nSPS) is 14.5. The van der Waals surface area contributed by atoms with Gasteiger partial charge < -0.3 is 4.74 Å². The smallest absolute Gasteiger partial charge is 0.309 e. The Kier molecular flexibility index (Phi) is 4.50. The van der Waals surface area contributed by atoms with E-state index in [9.17, 15) is 9.59 Å². The van der Waals surface area contributed by atoms with E-state index in [1.54, 1.807) is 13.0 Å². The van der Waals surface area contributed by atoms with Crippen molar-refractivity contribution in [3.8, 4) is 0 Å². The van der Waals surface area contributed by atoms with Gasteiger partial charge in [-0.3, -0.25) is 9.59 Å². The highest BCUT2D eigenvalue weighted by Crippen LogP contribution is 2.22.